The molecule has 0 aliphatic rings. The molecule has 1 N–H and O–H groups in total. The predicted octanol–water partition coefficient (Wildman–Crippen LogP) is 3.27. The van der Waals surface area contributed by atoms with Gasteiger partial charge >= 0.3 is 5.97 Å². The van der Waals surface area contributed by atoms with Gasteiger partial charge in [-0.05, 0) is 29.8 Å². The van der Waals surface area contributed by atoms with Crippen LogP contribution in [0.4, 0.5) is 0 Å². The number of alkyl halides is 1. The molecular formula is C18H17BrClN5O3. The Balaban J connectivity index is 1.91. The lowest BCUT2D eigenvalue weighted by Gasteiger charge is -2.04. The van der Waals surface area contributed by atoms with Gasteiger partial charge in [-0.15, -0.1) is 21.8 Å². The summed E-state index contributed by atoms with van der Waals surface area (Å²) in [7, 11) is 0. The molecule has 0 aliphatic heterocycles. The molecule has 0 unspecified atom stereocenters. The van der Waals surface area contributed by atoms with Crippen molar-refractivity contribution in [2.45, 2.75) is 26.3 Å². The highest BCUT2D eigenvalue weighted by atomic mass is 79.9. The third-order valence-electron chi connectivity index (χ3n) is 4.05. The Morgan fingerprint density at radius 1 is 1.36 bits per heavy atom. The summed E-state index contributed by atoms with van der Waals surface area (Å²) < 4.78 is 5.69. The average Bonchev–Trinajstić information content (AvgIpc) is 3.25. The summed E-state index contributed by atoms with van der Waals surface area (Å²) in [6, 6.07) is 7.17. The Morgan fingerprint density at radius 2 is 2.14 bits per heavy atom. The van der Waals surface area contributed by atoms with Gasteiger partial charge in [0.2, 0.25) is 5.82 Å². The third-order valence-corrected chi connectivity index (χ3v) is 4.81. The second kappa shape index (κ2) is 8.66. The molecule has 0 saturated heterocycles. The van der Waals surface area contributed by atoms with E-state index in [1.807, 2.05) is 13.0 Å². The van der Waals surface area contributed by atoms with Crippen LogP contribution in [-0.4, -0.2) is 43.6 Å². The number of benzene rings is 1. The zero-order chi connectivity index (χ0) is 20.3. The number of carbonyl (C=O) groups is 2. The number of ether oxygens (including phenoxy) is 1. The Bertz CT molecular complexity index is 1030. The quantitative estimate of drug-likeness (QED) is 0.326. The largest absolute Gasteiger partial charge is 0.464 e. The fourth-order valence-corrected chi connectivity index (χ4v) is 3.37. The Labute approximate surface area is 174 Å². The van der Waals surface area contributed by atoms with Crippen molar-refractivity contribution in [3.63, 3.8) is 0 Å². The number of rotatable bonds is 7. The molecule has 3 rings (SSSR count). The molecule has 0 saturated carbocycles. The van der Waals surface area contributed by atoms with E-state index in [9.17, 15) is 9.59 Å². The minimum atomic E-state index is -0.372. The SMILES string of the molecule is CC(=O)OCCn1nnc(-c2[nH]c(CCl)c(C(=O)c3cccc(Br)c3)c2C)n1. The molecule has 28 heavy (non-hydrogen) atoms. The van der Waals surface area contributed by atoms with Gasteiger partial charge in [0, 0.05) is 28.2 Å². The van der Waals surface area contributed by atoms with E-state index >= 15 is 0 Å². The summed E-state index contributed by atoms with van der Waals surface area (Å²) in [6.07, 6.45) is 0. The van der Waals surface area contributed by atoms with Gasteiger partial charge in [-0.2, -0.15) is 4.80 Å². The van der Waals surface area contributed by atoms with Crippen LogP contribution < -0.4 is 0 Å². The molecule has 146 valence electrons. The molecule has 3 aromatic rings. The van der Waals surface area contributed by atoms with Crippen molar-refractivity contribution >= 4 is 39.3 Å². The van der Waals surface area contributed by atoms with Crippen molar-refractivity contribution in [2.24, 2.45) is 0 Å². The van der Waals surface area contributed by atoms with Gasteiger partial charge in [0.25, 0.3) is 0 Å². The first kappa shape index (κ1) is 20.2. The van der Waals surface area contributed by atoms with Crippen molar-refractivity contribution in [3.05, 3.63) is 51.1 Å². The van der Waals surface area contributed by atoms with Crippen LogP contribution in [-0.2, 0) is 22.0 Å². The molecule has 0 bridgehead atoms. The summed E-state index contributed by atoms with van der Waals surface area (Å²) in [5.41, 5.74) is 2.91. The number of nitrogens with zero attached hydrogens (tertiary/aromatic N) is 4. The molecule has 1 aromatic carbocycles. The van der Waals surface area contributed by atoms with E-state index in [2.05, 4.69) is 36.3 Å². The monoisotopic (exact) mass is 465 g/mol. The molecule has 0 atom stereocenters. The number of tetrazole rings is 1. The standard InChI is InChI=1S/C18H17BrClN5O3/c1-10-15(17(27)12-4-3-5-13(19)8-12)14(9-20)21-16(10)18-22-24-25(23-18)6-7-28-11(2)26/h3-5,8,21H,6-7,9H2,1-2H3. The van der Waals surface area contributed by atoms with Crippen LogP contribution in [0.25, 0.3) is 11.5 Å². The maximum Gasteiger partial charge on any atom is 0.302 e. The lowest BCUT2D eigenvalue weighted by molar-refractivity contribution is -0.141. The summed E-state index contributed by atoms with van der Waals surface area (Å²) in [5, 5.41) is 12.3. The first-order valence-electron chi connectivity index (χ1n) is 8.40. The van der Waals surface area contributed by atoms with Gasteiger partial charge < -0.3 is 9.72 Å². The number of hydrogen-bond donors (Lipinski definition) is 1. The van der Waals surface area contributed by atoms with Crippen LogP contribution in [0.5, 0.6) is 0 Å². The van der Waals surface area contributed by atoms with E-state index in [0.29, 0.717) is 33.9 Å². The normalized spacial score (nSPS) is 10.9. The highest BCUT2D eigenvalue weighted by Crippen LogP contribution is 2.28. The molecule has 0 spiro atoms. The summed E-state index contributed by atoms with van der Waals surface area (Å²) >= 11 is 9.45. The fourth-order valence-electron chi connectivity index (χ4n) is 2.77. The van der Waals surface area contributed by atoms with Crippen molar-refractivity contribution in [1.82, 2.24) is 25.2 Å². The number of nitrogens with one attached hydrogen (secondary N) is 1. The van der Waals surface area contributed by atoms with E-state index < -0.39 is 0 Å². The molecular weight excluding hydrogens is 450 g/mol. The lowest BCUT2D eigenvalue weighted by atomic mass is 9.99. The Hall–Kier alpha value is -2.52. The number of aromatic amines is 1. The highest BCUT2D eigenvalue weighted by Gasteiger charge is 2.24. The Morgan fingerprint density at radius 3 is 2.82 bits per heavy atom. The number of ketones is 1. The number of H-pyrrole nitrogens is 1. The average molecular weight is 467 g/mol. The minimum absolute atomic E-state index is 0.135. The predicted molar refractivity (Wildman–Crippen MR) is 106 cm³/mol. The maximum atomic E-state index is 13.0. The smallest absolute Gasteiger partial charge is 0.302 e. The second-order valence-electron chi connectivity index (χ2n) is 6.00. The first-order chi connectivity index (χ1) is 13.4. The van der Waals surface area contributed by atoms with E-state index in [-0.39, 0.29) is 30.8 Å². The van der Waals surface area contributed by atoms with Crippen LogP contribution in [0, 0.1) is 6.92 Å². The van der Waals surface area contributed by atoms with Gasteiger partial charge in [-0.25, -0.2) is 0 Å². The number of hydrogen-bond acceptors (Lipinski definition) is 6. The molecule has 0 radical (unpaired) electrons. The van der Waals surface area contributed by atoms with Crippen LogP contribution in [0.2, 0.25) is 0 Å². The lowest BCUT2D eigenvalue weighted by Crippen LogP contribution is -2.11. The van der Waals surface area contributed by atoms with Crippen molar-refractivity contribution < 1.29 is 14.3 Å². The fraction of sp³-hybridized carbons (Fsp3) is 0.278. The first-order valence-corrected chi connectivity index (χ1v) is 9.72. The van der Waals surface area contributed by atoms with Gasteiger partial charge in [-0.3, -0.25) is 9.59 Å². The van der Waals surface area contributed by atoms with Crippen LogP contribution in [0.15, 0.2) is 28.7 Å². The highest BCUT2D eigenvalue weighted by molar-refractivity contribution is 9.10. The molecule has 0 fully saturated rings. The van der Waals surface area contributed by atoms with Gasteiger partial charge in [0.15, 0.2) is 5.78 Å². The van der Waals surface area contributed by atoms with E-state index in [4.69, 9.17) is 16.3 Å². The zero-order valence-corrected chi connectivity index (χ0v) is 17.5. The second-order valence-corrected chi connectivity index (χ2v) is 7.18. The summed E-state index contributed by atoms with van der Waals surface area (Å²) in [5.74, 6) is -0.0431. The molecule has 8 nitrogen and oxygen atoms in total. The van der Waals surface area contributed by atoms with Gasteiger partial charge in [-0.1, -0.05) is 28.1 Å². The molecule has 0 aliphatic carbocycles. The zero-order valence-electron chi connectivity index (χ0n) is 15.2. The van der Waals surface area contributed by atoms with Crippen LogP contribution in [0.3, 0.4) is 0 Å². The van der Waals surface area contributed by atoms with Crippen LogP contribution in [0.1, 0.15) is 34.1 Å². The van der Waals surface area contributed by atoms with Crippen molar-refractivity contribution in [1.29, 1.82) is 0 Å². The topological polar surface area (TPSA) is 103 Å². The number of aromatic nitrogens is 5. The number of esters is 1. The molecule has 0 amide bonds. The van der Waals surface area contributed by atoms with E-state index in [1.165, 1.54) is 11.7 Å². The Kier molecular flexibility index (Phi) is 6.25. The van der Waals surface area contributed by atoms with Crippen molar-refractivity contribution in [3.8, 4) is 11.5 Å². The number of carbonyl (C=O) groups excluding carboxylic acids is 2. The van der Waals surface area contributed by atoms with Crippen molar-refractivity contribution in [2.75, 3.05) is 6.61 Å². The van der Waals surface area contributed by atoms with Gasteiger partial charge in [0.05, 0.1) is 18.1 Å². The maximum absolute atomic E-state index is 13.0. The molecule has 2 heterocycles. The van der Waals surface area contributed by atoms with E-state index in [0.717, 1.165) is 4.47 Å². The third kappa shape index (κ3) is 4.31. The summed E-state index contributed by atoms with van der Waals surface area (Å²) in [6.45, 7) is 3.57. The van der Waals surface area contributed by atoms with Crippen LogP contribution >= 0.6 is 27.5 Å². The van der Waals surface area contributed by atoms with E-state index in [1.54, 1.807) is 18.2 Å². The molecule has 10 heteroatoms. The minimum Gasteiger partial charge on any atom is -0.464 e. The number of halogens is 2. The molecule has 2 aromatic heterocycles. The summed E-state index contributed by atoms with van der Waals surface area (Å²) in [4.78, 5) is 28.4. The van der Waals surface area contributed by atoms with Gasteiger partial charge in [0.1, 0.15) is 6.61 Å².